The molecule has 2 heterocycles. The Kier molecular flexibility index (Phi) is 7.51. The molecule has 3 nitrogen and oxygen atoms in total. The first kappa shape index (κ1) is 29.2. The van der Waals surface area contributed by atoms with Crippen LogP contribution in [0.25, 0.3) is 86.8 Å². The molecule has 49 heavy (non-hydrogen) atoms. The van der Waals surface area contributed by atoms with E-state index in [1.54, 1.807) is 0 Å². The van der Waals surface area contributed by atoms with Crippen molar-refractivity contribution in [3.8, 4) is 67.5 Å². The molecule has 0 aliphatic rings. The summed E-state index contributed by atoms with van der Waals surface area (Å²) in [5.41, 5.74) is 10.0. The minimum absolute atomic E-state index is 0.283. The van der Waals surface area contributed by atoms with Crippen LogP contribution in [0, 0.1) is 0 Å². The van der Waals surface area contributed by atoms with Crippen molar-refractivity contribution in [2.75, 3.05) is 0 Å². The molecule has 0 unspecified atom stereocenters. The van der Waals surface area contributed by atoms with Gasteiger partial charge in [0.05, 0.1) is 0 Å². The van der Waals surface area contributed by atoms with E-state index in [0.29, 0.717) is 17.5 Å². The van der Waals surface area contributed by atoms with Gasteiger partial charge in [0.25, 0.3) is 0 Å². The molecule has 0 aliphatic carbocycles. The predicted molar refractivity (Wildman–Crippen MR) is 204 cm³/mol. The molecule has 9 rings (SSSR count). The average Bonchev–Trinajstić information content (AvgIpc) is 3.58. The first-order chi connectivity index (χ1) is 24.3. The van der Waals surface area contributed by atoms with E-state index in [2.05, 4.69) is 164 Å². The molecule has 0 spiro atoms. The first-order valence-corrected chi connectivity index (χ1v) is 18.1. The van der Waals surface area contributed by atoms with Gasteiger partial charge < -0.3 is 0 Å². The summed E-state index contributed by atoms with van der Waals surface area (Å²) in [7, 11) is 0. The molecule has 0 atom stereocenters. The first-order valence-electron chi connectivity index (χ1n) is 16.4. The van der Waals surface area contributed by atoms with Crippen molar-refractivity contribution < 1.29 is 0 Å². The van der Waals surface area contributed by atoms with Crippen LogP contribution < -0.4 is 0 Å². The number of benzene rings is 7. The average molecular weight is 691 g/mol. The Balaban J connectivity index is 1.12. The van der Waals surface area contributed by atoms with E-state index in [1.165, 1.54) is 41.5 Å². The zero-order chi connectivity index (χ0) is 32.6. The molecule has 4 heteroatoms. The molecule has 0 saturated carbocycles. The van der Waals surface area contributed by atoms with Crippen LogP contribution in [0.5, 0.6) is 0 Å². The minimum atomic E-state index is 0.283. The van der Waals surface area contributed by atoms with E-state index >= 15 is 0 Å². The third kappa shape index (κ3) is 5.68. The predicted octanol–water partition coefficient (Wildman–Crippen LogP) is 11.2. The van der Waals surface area contributed by atoms with Crippen LogP contribution in [-0.2, 0) is 0 Å². The van der Waals surface area contributed by atoms with Crippen molar-refractivity contribution in [1.82, 2.24) is 15.0 Å². The summed E-state index contributed by atoms with van der Waals surface area (Å²) in [5.74, 6) is 1.95. The third-order valence-corrected chi connectivity index (χ3v) is 11.6. The fourth-order valence-electron chi connectivity index (χ4n) is 6.42. The van der Waals surface area contributed by atoms with E-state index in [-0.39, 0.29) is 14.5 Å². The van der Waals surface area contributed by atoms with Gasteiger partial charge >= 0.3 is 209 Å². The van der Waals surface area contributed by atoms with Gasteiger partial charge in [0.15, 0.2) is 0 Å². The number of rotatable bonds is 6. The Morgan fingerprint density at radius 2 is 0.673 bits per heavy atom. The smallest absolute Gasteiger partial charge is 0.0617 e. The zero-order valence-electron chi connectivity index (χ0n) is 26.5. The van der Waals surface area contributed by atoms with Gasteiger partial charge in [-0.25, -0.2) is 0 Å². The molecule has 0 aliphatic heterocycles. The molecular formula is C45H29N3Se. The SMILES string of the molecule is c1ccc(-c2ccc(-c3nc(-c4ccc(-c5ccccc5)cc4)nc(-c4ccc(-c5cccc6c5[se]c5ccccc56)cc4)n3)cc2)cc1. The Morgan fingerprint density at radius 3 is 1.18 bits per heavy atom. The van der Waals surface area contributed by atoms with E-state index in [4.69, 9.17) is 15.0 Å². The van der Waals surface area contributed by atoms with Crippen molar-refractivity contribution in [3.63, 3.8) is 0 Å². The van der Waals surface area contributed by atoms with Gasteiger partial charge in [-0.2, -0.15) is 0 Å². The quantitative estimate of drug-likeness (QED) is 0.163. The second-order valence-corrected chi connectivity index (χ2v) is 14.3. The maximum absolute atomic E-state index is 5.04. The van der Waals surface area contributed by atoms with Gasteiger partial charge in [-0.15, -0.1) is 0 Å². The number of fused-ring (bicyclic) bond motifs is 3. The summed E-state index contributed by atoms with van der Waals surface area (Å²) in [6.07, 6.45) is 0. The van der Waals surface area contributed by atoms with Gasteiger partial charge in [0.2, 0.25) is 0 Å². The molecule has 2 aromatic heterocycles. The van der Waals surface area contributed by atoms with Crippen LogP contribution in [0.1, 0.15) is 0 Å². The Hall–Kier alpha value is -5.93. The maximum atomic E-state index is 5.04. The summed E-state index contributed by atoms with van der Waals surface area (Å²) in [6, 6.07) is 61.9. The summed E-state index contributed by atoms with van der Waals surface area (Å²) < 4.78 is 2.90. The van der Waals surface area contributed by atoms with Crippen molar-refractivity contribution >= 4 is 33.8 Å². The molecule has 0 radical (unpaired) electrons. The number of nitrogens with zero attached hydrogens (tertiary/aromatic N) is 3. The number of aromatic nitrogens is 3. The van der Waals surface area contributed by atoms with Crippen LogP contribution in [0.2, 0.25) is 0 Å². The molecular weight excluding hydrogens is 661 g/mol. The van der Waals surface area contributed by atoms with Gasteiger partial charge in [0, 0.05) is 0 Å². The van der Waals surface area contributed by atoms with Gasteiger partial charge in [0.1, 0.15) is 0 Å². The van der Waals surface area contributed by atoms with Crippen LogP contribution in [-0.4, -0.2) is 29.5 Å². The van der Waals surface area contributed by atoms with Crippen molar-refractivity contribution in [3.05, 3.63) is 176 Å². The fourth-order valence-corrected chi connectivity index (χ4v) is 9.02. The Bertz CT molecular complexity index is 2460. The normalized spacial score (nSPS) is 11.3. The third-order valence-electron chi connectivity index (χ3n) is 8.99. The molecule has 230 valence electrons. The zero-order valence-corrected chi connectivity index (χ0v) is 28.2. The van der Waals surface area contributed by atoms with E-state index < -0.39 is 0 Å². The van der Waals surface area contributed by atoms with Crippen LogP contribution in [0.3, 0.4) is 0 Å². The topological polar surface area (TPSA) is 38.7 Å². The standard InChI is InChI=1S/C45H29N3Se/c1-3-10-30(11-4-1)32-18-24-35(25-19-32)43-46-44(36-26-20-33(21-27-36)31-12-5-2-6-13-31)48-45(47-43)37-28-22-34(23-29-37)38-15-9-16-40-39-14-7-8-17-41(39)49-42(38)40/h1-29H. The van der Waals surface area contributed by atoms with Gasteiger partial charge in [-0.05, 0) is 22.3 Å². The number of hydrogen-bond donors (Lipinski definition) is 0. The monoisotopic (exact) mass is 691 g/mol. The fraction of sp³-hybridized carbons (Fsp3) is 0. The molecule has 9 aromatic rings. The Labute approximate surface area is 291 Å². The second kappa shape index (κ2) is 12.6. The van der Waals surface area contributed by atoms with E-state index in [1.807, 2.05) is 12.1 Å². The van der Waals surface area contributed by atoms with Crippen LogP contribution >= 0.6 is 0 Å². The minimum Gasteiger partial charge on any atom is -0.0617 e. The summed E-state index contributed by atoms with van der Waals surface area (Å²) in [6.45, 7) is 0. The van der Waals surface area contributed by atoms with Crippen molar-refractivity contribution in [1.29, 1.82) is 0 Å². The summed E-state index contributed by atoms with van der Waals surface area (Å²) in [5, 5.41) is 2.73. The van der Waals surface area contributed by atoms with E-state index in [9.17, 15) is 0 Å². The van der Waals surface area contributed by atoms with Crippen LogP contribution in [0.15, 0.2) is 176 Å². The molecule has 7 aromatic carbocycles. The second-order valence-electron chi connectivity index (χ2n) is 12.1. The molecule has 0 saturated heterocycles. The van der Waals surface area contributed by atoms with E-state index in [0.717, 1.165) is 27.8 Å². The molecule has 0 N–H and O–H groups in total. The molecule has 0 bridgehead atoms. The van der Waals surface area contributed by atoms with Gasteiger partial charge in [-0.1, -0.05) is 60.7 Å². The summed E-state index contributed by atoms with van der Waals surface area (Å²) in [4.78, 5) is 15.1. The van der Waals surface area contributed by atoms with Crippen molar-refractivity contribution in [2.24, 2.45) is 0 Å². The van der Waals surface area contributed by atoms with Gasteiger partial charge in [-0.3, -0.25) is 0 Å². The number of hydrogen-bond acceptors (Lipinski definition) is 3. The van der Waals surface area contributed by atoms with Crippen LogP contribution in [0.4, 0.5) is 0 Å². The molecule has 0 amide bonds. The Morgan fingerprint density at radius 1 is 0.286 bits per heavy atom. The van der Waals surface area contributed by atoms with Crippen molar-refractivity contribution in [2.45, 2.75) is 0 Å². The molecule has 0 fully saturated rings. The summed E-state index contributed by atoms with van der Waals surface area (Å²) >= 11 is 0.283.